The van der Waals surface area contributed by atoms with Crippen LogP contribution in [-0.4, -0.2) is 55.7 Å². The summed E-state index contributed by atoms with van der Waals surface area (Å²) in [4.78, 5) is 5.15. The zero-order valence-corrected chi connectivity index (χ0v) is 13.3. The quantitative estimate of drug-likeness (QED) is 0.837. The van der Waals surface area contributed by atoms with Gasteiger partial charge in [-0.05, 0) is 30.5 Å². The van der Waals surface area contributed by atoms with Gasteiger partial charge in [-0.2, -0.15) is 0 Å². The molecule has 22 heavy (non-hydrogen) atoms. The summed E-state index contributed by atoms with van der Waals surface area (Å²) >= 11 is 0. The van der Waals surface area contributed by atoms with E-state index in [1.807, 2.05) is 18.2 Å². The van der Waals surface area contributed by atoms with E-state index in [2.05, 4.69) is 16.0 Å². The Balaban J connectivity index is 1.56. The predicted molar refractivity (Wildman–Crippen MR) is 86.4 cm³/mol. The van der Waals surface area contributed by atoms with Gasteiger partial charge in [-0.3, -0.25) is 0 Å². The highest BCUT2D eigenvalue weighted by molar-refractivity contribution is 5.48. The standard InChI is InChI=1S/C18H24N2O2/c1-21-17-3-2-4-18-16(17)11-14(13-22-18)12-20-10-9-19-7-5-15(20)6-8-19/h2-4,12,15H,5-11,13H2,1H3/b14-12+. The van der Waals surface area contributed by atoms with E-state index in [9.17, 15) is 0 Å². The third-order valence-corrected chi connectivity index (χ3v) is 5.18. The third kappa shape index (κ3) is 2.56. The molecule has 1 aromatic rings. The second kappa shape index (κ2) is 5.84. The van der Waals surface area contributed by atoms with Gasteiger partial charge in [0.15, 0.2) is 0 Å². The molecule has 3 fully saturated rings. The topological polar surface area (TPSA) is 24.9 Å². The van der Waals surface area contributed by atoms with Crippen LogP contribution in [0, 0.1) is 0 Å². The molecule has 0 saturated carbocycles. The summed E-state index contributed by atoms with van der Waals surface area (Å²) in [5.74, 6) is 1.91. The lowest BCUT2D eigenvalue weighted by Gasteiger charge is -2.32. The fourth-order valence-corrected chi connectivity index (χ4v) is 3.90. The normalized spacial score (nSPS) is 29.0. The van der Waals surface area contributed by atoms with Gasteiger partial charge >= 0.3 is 0 Å². The Morgan fingerprint density at radius 2 is 2.05 bits per heavy atom. The van der Waals surface area contributed by atoms with Gasteiger partial charge in [0.05, 0.1) is 7.11 Å². The highest BCUT2D eigenvalue weighted by Crippen LogP contribution is 2.34. The molecule has 0 aromatic heterocycles. The van der Waals surface area contributed by atoms with Gasteiger partial charge < -0.3 is 19.3 Å². The van der Waals surface area contributed by atoms with Crippen molar-refractivity contribution in [3.63, 3.8) is 0 Å². The molecule has 3 saturated heterocycles. The monoisotopic (exact) mass is 300 g/mol. The number of rotatable bonds is 2. The Morgan fingerprint density at radius 3 is 2.86 bits per heavy atom. The number of hydrogen-bond donors (Lipinski definition) is 0. The first-order chi connectivity index (χ1) is 10.8. The summed E-state index contributed by atoms with van der Waals surface area (Å²) in [6, 6.07) is 6.76. The van der Waals surface area contributed by atoms with Crippen LogP contribution >= 0.6 is 0 Å². The molecule has 0 amide bonds. The fraction of sp³-hybridized carbons (Fsp3) is 0.556. The molecule has 0 radical (unpaired) electrons. The molecule has 4 heterocycles. The van der Waals surface area contributed by atoms with E-state index >= 15 is 0 Å². The number of piperidine rings is 1. The van der Waals surface area contributed by atoms with Crippen molar-refractivity contribution in [1.29, 1.82) is 0 Å². The lowest BCUT2D eigenvalue weighted by atomic mass is 10.0. The van der Waals surface area contributed by atoms with Gasteiger partial charge in [0.2, 0.25) is 0 Å². The summed E-state index contributed by atoms with van der Waals surface area (Å²) in [5, 5.41) is 0. The Bertz CT molecular complexity index is 562. The first-order valence-electron chi connectivity index (χ1n) is 8.30. The highest BCUT2D eigenvalue weighted by atomic mass is 16.5. The molecule has 4 nitrogen and oxygen atoms in total. The molecule has 4 heteroatoms. The van der Waals surface area contributed by atoms with Crippen molar-refractivity contribution in [2.24, 2.45) is 0 Å². The van der Waals surface area contributed by atoms with Crippen LogP contribution in [0.4, 0.5) is 0 Å². The van der Waals surface area contributed by atoms with Crippen molar-refractivity contribution in [2.45, 2.75) is 25.3 Å². The molecule has 118 valence electrons. The number of nitrogens with zero attached hydrogens (tertiary/aromatic N) is 2. The summed E-state index contributed by atoms with van der Waals surface area (Å²) in [7, 11) is 1.73. The van der Waals surface area contributed by atoms with Crippen LogP contribution < -0.4 is 9.47 Å². The maximum absolute atomic E-state index is 5.95. The third-order valence-electron chi connectivity index (χ3n) is 5.18. The van der Waals surface area contributed by atoms with E-state index in [1.54, 1.807) is 7.11 Å². The van der Waals surface area contributed by atoms with E-state index in [1.165, 1.54) is 43.6 Å². The molecule has 2 bridgehead atoms. The van der Waals surface area contributed by atoms with Gasteiger partial charge in [-0.25, -0.2) is 0 Å². The summed E-state index contributed by atoms with van der Waals surface area (Å²) in [5.41, 5.74) is 2.54. The second-order valence-corrected chi connectivity index (χ2v) is 6.50. The van der Waals surface area contributed by atoms with Crippen LogP contribution in [-0.2, 0) is 6.42 Å². The summed E-state index contributed by atoms with van der Waals surface area (Å²) < 4.78 is 11.4. The second-order valence-electron chi connectivity index (χ2n) is 6.50. The molecule has 1 aromatic carbocycles. The maximum atomic E-state index is 5.95. The molecule has 0 spiro atoms. The number of benzene rings is 1. The van der Waals surface area contributed by atoms with Crippen molar-refractivity contribution in [3.8, 4) is 11.5 Å². The van der Waals surface area contributed by atoms with Crippen LogP contribution in [0.25, 0.3) is 0 Å². The van der Waals surface area contributed by atoms with Crippen molar-refractivity contribution in [3.05, 3.63) is 35.5 Å². The van der Waals surface area contributed by atoms with Crippen molar-refractivity contribution in [2.75, 3.05) is 39.9 Å². The SMILES string of the molecule is COc1cccc2c1C/C(=C\N1CCN3CCC1CC3)CO2. The minimum absolute atomic E-state index is 0.701. The fourth-order valence-electron chi connectivity index (χ4n) is 3.90. The van der Waals surface area contributed by atoms with Crippen molar-refractivity contribution >= 4 is 0 Å². The van der Waals surface area contributed by atoms with Gasteiger partial charge in [-0.1, -0.05) is 6.07 Å². The van der Waals surface area contributed by atoms with E-state index in [0.29, 0.717) is 12.6 Å². The molecule has 0 unspecified atom stereocenters. The van der Waals surface area contributed by atoms with Crippen LogP contribution in [0.15, 0.2) is 30.0 Å². The van der Waals surface area contributed by atoms with Crippen LogP contribution in [0.1, 0.15) is 18.4 Å². The molecule has 4 aliphatic heterocycles. The molecular weight excluding hydrogens is 276 g/mol. The van der Waals surface area contributed by atoms with Crippen molar-refractivity contribution < 1.29 is 9.47 Å². The minimum atomic E-state index is 0.701. The van der Waals surface area contributed by atoms with Gasteiger partial charge in [0.1, 0.15) is 18.1 Å². The average molecular weight is 300 g/mol. The number of ether oxygens (including phenoxy) is 2. The highest BCUT2D eigenvalue weighted by Gasteiger charge is 2.28. The van der Waals surface area contributed by atoms with E-state index in [4.69, 9.17) is 9.47 Å². The molecule has 0 aliphatic carbocycles. The van der Waals surface area contributed by atoms with Crippen LogP contribution in [0.3, 0.4) is 0 Å². The molecule has 4 aliphatic rings. The lowest BCUT2D eigenvalue weighted by Crippen LogP contribution is -2.35. The smallest absolute Gasteiger partial charge is 0.127 e. The summed E-state index contributed by atoms with van der Waals surface area (Å²) in [6.45, 7) is 5.57. The molecule has 0 N–H and O–H groups in total. The Kier molecular flexibility index (Phi) is 3.70. The largest absolute Gasteiger partial charge is 0.496 e. The van der Waals surface area contributed by atoms with Gasteiger partial charge in [0, 0.05) is 50.4 Å². The molecule has 5 rings (SSSR count). The number of hydrogen-bond acceptors (Lipinski definition) is 4. The van der Waals surface area contributed by atoms with E-state index in [-0.39, 0.29) is 0 Å². The van der Waals surface area contributed by atoms with E-state index in [0.717, 1.165) is 24.5 Å². The first-order valence-corrected chi connectivity index (χ1v) is 8.30. The van der Waals surface area contributed by atoms with E-state index < -0.39 is 0 Å². The summed E-state index contributed by atoms with van der Waals surface area (Å²) in [6.07, 6.45) is 5.90. The Hall–Kier alpha value is -1.68. The zero-order chi connectivity index (χ0) is 14.9. The van der Waals surface area contributed by atoms with Gasteiger partial charge in [0.25, 0.3) is 0 Å². The number of fused-ring (bicyclic) bond motifs is 5. The first kappa shape index (κ1) is 13.9. The molecular formula is C18H24N2O2. The Labute approximate surface area is 132 Å². The van der Waals surface area contributed by atoms with Crippen molar-refractivity contribution in [1.82, 2.24) is 9.80 Å². The minimum Gasteiger partial charge on any atom is -0.496 e. The molecule has 0 atom stereocenters. The van der Waals surface area contributed by atoms with Crippen LogP contribution in [0.2, 0.25) is 0 Å². The zero-order valence-electron chi connectivity index (χ0n) is 13.3. The number of methoxy groups -OCH3 is 1. The van der Waals surface area contributed by atoms with Gasteiger partial charge in [-0.15, -0.1) is 0 Å². The van der Waals surface area contributed by atoms with Crippen LogP contribution in [0.5, 0.6) is 11.5 Å². The Morgan fingerprint density at radius 1 is 1.18 bits per heavy atom. The maximum Gasteiger partial charge on any atom is 0.127 e. The predicted octanol–water partition coefficient (Wildman–Crippen LogP) is 2.29. The lowest BCUT2D eigenvalue weighted by molar-refractivity contribution is 0.219. The average Bonchev–Trinajstić information content (AvgIpc) is 2.88.